The molecule has 1 aliphatic heterocycles. The van der Waals surface area contributed by atoms with Crippen molar-refractivity contribution in [3.63, 3.8) is 0 Å². The molecule has 0 amide bonds. The fourth-order valence-electron chi connectivity index (χ4n) is 13.9. The maximum atomic E-state index is 6.75. The molecule has 0 N–H and O–H groups in total. The van der Waals surface area contributed by atoms with Crippen LogP contribution in [0.1, 0.15) is 62.8 Å². The molecule has 368 valence electrons. The van der Waals surface area contributed by atoms with Crippen LogP contribution in [-0.4, -0.2) is 0 Å². The maximum Gasteiger partial charge on any atom is 0.137 e. The highest BCUT2D eigenvalue weighted by Crippen LogP contribution is 2.67. The molecule has 0 radical (unpaired) electrons. The Hall–Kier alpha value is -9.96. The number of rotatable bonds is 10. The van der Waals surface area contributed by atoms with Crippen molar-refractivity contribution in [2.45, 2.75) is 17.8 Å². The fraction of sp³-hybridized carbons (Fsp3) is 0.0400. The molecule has 3 heteroatoms. The standard InChI is InChI=1S/C75H52N2O/c1-3-25-69-57(4-2)72-67(40-24-41-70(72)78-69)76(55-42-44-60-59-36-20-21-37-62(59)74(64(60)48-55,51-28-12-6-13-29-51)52-30-14-7-15-31-52)56-43-45-61-65(49-56)75(53-32-16-8-17-33-53)63-38-22-23-39-66(63)77(54-34-18-9-19-35-54)68-47-46-58(71(61)73(68)75)50-26-10-5-11-27-50/h3-49H,2H2,1H3/b25-3-. The van der Waals surface area contributed by atoms with Gasteiger partial charge in [0.2, 0.25) is 0 Å². The SMILES string of the molecule is C=Cc1c(/C=C\C)oc2cccc(N(c3ccc4c(c3)C(c3ccccc3)(c3ccccc3)c3ccccc3-4)c3ccc4c(c3)C3(c5ccccc5)c5ccccc5N(c5ccccc5)c5ccc(-c6ccccc6)c-4c53)c12. The Morgan fingerprint density at radius 3 is 1.64 bits per heavy atom. The van der Waals surface area contributed by atoms with Gasteiger partial charge in [0.05, 0.1) is 33.3 Å². The smallest absolute Gasteiger partial charge is 0.137 e. The summed E-state index contributed by atoms with van der Waals surface area (Å²) in [5, 5.41) is 0.999. The summed E-state index contributed by atoms with van der Waals surface area (Å²) >= 11 is 0. The van der Waals surface area contributed by atoms with Crippen molar-refractivity contribution in [2.75, 3.05) is 9.80 Å². The molecule has 1 aromatic heterocycles. The Bertz CT molecular complexity index is 4310. The zero-order valence-electron chi connectivity index (χ0n) is 43.1. The zero-order valence-corrected chi connectivity index (χ0v) is 43.1. The molecule has 3 aliphatic rings. The Kier molecular flexibility index (Phi) is 10.4. The summed E-state index contributed by atoms with van der Waals surface area (Å²) in [6.45, 7) is 6.44. The number of furan rings is 1. The average molecular weight is 997 g/mol. The number of nitrogens with zero attached hydrogens (tertiary/aromatic N) is 2. The first-order valence-corrected chi connectivity index (χ1v) is 27.0. The Morgan fingerprint density at radius 2 is 0.987 bits per heavy atom. The molecular formula is C75H52N2O. The molecule has 78 heavy (non-hydrogen) atoms. The number of benzene rings is 11. The molecule has 0 bridgehead atoms. The van der Waals surface area contributed by atoms with Crippen LogP contribution in [0.5, 0.6) is 0 Å². The van der Waals surface area contributed by atoms with Crippen LogP contribution in [0.3, 0.4) is 0 Å². The van der Waals surface area contributed by atoms with Gasteiger partial charge >= 0.3 is 0 Å². The molecule has 12 aromatic rings. The number of allylic oxidation sites excluding steroid dienone is 1. The maximum absolute atomic E-state index is 6.75. The predicted octanol–water partition coefficient (Wildman–Crippen LogP) is 19.8. The zero-order chi connectivity index (χ0) is 52.0. The van der Waals surface area contributed by atoms with Crippen LogP contribution < -0.4 is 9.80 Å². The lowest BCUT2D eigenvalue weighted by atomic mass is 9.64. The van der Waals surface area contributed by atoms with Gasteiger partial charge in [0.1, 0.15) is 11.3 Å². The second-order valence-electron chi connectivity index (χ2n) is 20.6. The van der Waals surface area contributed by atoms with Crippen LogP contribution in [0.15, 0.2) is 284 Å². The van der Waals surface area contributed by atoms with Gasteiger partial charge in [-0.05, 0) is 146 Å². The van der Waals surface area contributed by atoms with Gasteiger partial charge in [-0.25, -0.2) is 0 Å². The minimum atomic E-state index is -0.724. The summed E-state index contributed by atoms with van der Waals surface area (Å²) in [5.74, 6) is 0.779. The molecule has 0 fully saturated rings. The van der Waals surface area contributed by atoms with E-state index in [-0.39, 0.29) is 0 Å². The molecule has 2 heterocycles. The molecule has 1 unspecified atom stereocenters. The van der Waals surface area contributed by atoms with E-state index < -0.39 is 10.8 Å². The Morgan fingerprint density at radius 1 is 0.449 bits per heavy atom. The molecule has 1 atom stereocenters. The quantitative estimate of drug-likeness (QED) is 0.136. The van der Waals surface area contributed by atoms with Crippen LogP contribution in [-0.2, 0) is 10.8 Å². The molecular weight excluding hydrogens is 945 g/mol. The Balaban J connectivity index is 1.06. The highest BCUT2D eigenvalue weighted by atomic mass is 16.3. The third-order valence-corrected chi connectivity index (χ3v) is 16.8. The Labute approximate surface area is 455 Å². The number of hydrogen-bond acceptors (Lipinski definition) is 3. The van der Waals surface area contributed by atoms with Gasteiger partial charge in [0.25, 0.3) is 0 Å². The van der Waals surface area contributed by atoms with Gasteiger partial charge < -0.3 is 14.2 Å². The number of para-hydroxylation sites is 2. The summed E-state index contributed by atoms with van der Waals surface area (Å²) in [6, 6.07) is 98.9. The van der Waals surface area contributed by atoms with Gasteiger partial charge in [-0.1, -0.05) is 225 Å². The van der Waals surface area contributed by atoms with Gasteiger partial charge in [-0.3, -0.25) is 0 Å². The van der Waals surface area contributed by atoms with Crippen LogP contribution >= 0.6 is 0 Å². The molecule has 0 saturated heterocycles. The average Bonchev–Trinajstić information content (AvgIpc) is 3.76. The summed E-state index contributed by atoms with van der Waals surface area (Å²) in [6.07, 6.45) is 6.03. The predicted molar refractivity (Wildman–Crippen MR) is 324 cm³/mol. The van der Waals surface area contributed by atoms with E-state index in [1.165, 1.54) is 83.6 Å². The molecule has 0 spiro atoms. The van der Waals surface area contributed by atoms with E-state index in [4.69, 9.17) is 4.42 Å². The normalized spacial score (nSPS) is 15.1. The van der Waals surface area contributed by atoms with E-state index in [9.17, 15) is 0 Å². The van der Waals surface area contributed by atoms with Gasteiger partial charge in [0, 0.05) is 28.2 Å². The van der Waals surface area contributed by atoms with E-state index in [0.717, 1.165) is 50.7 Å². The summed E-state index contributed by atoms with van der Waals surface area (Å²) in [7, 11) is 0. The fourth-order valence-corrected chi connectivity index (χ4v) is 13.9. The first-order chi connectivity index (χ1) is 38.6. The van der Waals surface area contributed by atoms with E-state index in [2.05, 4.69) is 283 Å². The van der Waals surface area contributed by atoms with Crippen molar-refractivity contribution < 1.29 is 4.42 Å². The lowest BCUT2D eigenvalue weighted by Crippen LogP contribution is -2.36. The van der Waals surface area contributed by atoms with Crippen LogP contribution in [0.4, 0.5) is 34.1 Å². The van der Waals surface area contributed by atoms with Gasteiger partial charge in [0.15, 0.2) is 0 Å². The largest absolute Gasteiger partial charge is 0.456 e. The minimum absolute atomic E-state index is 0.610. The highest BCUT2D eigenvalue weighted by Gasteiger charge is 2.54. The minimum Gasteiger partial charge on any atom is -0.456 e. The number of hydrogen-bond donors (Lipinski definition) is 0. The van der Waals surface area contributed by atoms with E-state index in [1.807, 2.05) is 25.2 Å². The van der Waals surface area contributed by atoms with Crippen molar-refractivity contribution in [1.82, 2.24) is 0 Å². The lowest BCUT2D eigenvalue weighted by molar-refractivity contribution is 0.603. The molecule has 0 saturated carbocycles. The molecule has 2 aliphatic carbocycles. The first-order valence-electron chi connectivity index (χ1n) is 27.0. The molecule has 11 aromatic carbocycles. The third-order valence-electron chi connectivity index (χ3n) is 16.8. The van der Waals surface area contributed by atoms with Crippen molar-refractivity contribution in [3.05, 3.63) is 335 Å². The summed E-state index contributed by atoms with van der Waals surface area (Å²) in [4.78, 5) is 4.97. The number of anilines is 6. The topological polar surface area (TPSA) is 19.6 Å². The van der Waals surface area contributed by atoms with Crippen LogP contribution in [0.25, 0.3) is 56.5 Å². The van der Waals surface area contributed by atoms with Crippen molar-refractivity contribution in [2.24, 2.45) is 0 Å². The number of fused-ring (bicyclic) bond motifs is 9. The lowest BCUT2D eigenvalue weighted by Gasteiger charge is -2.45. The third kappa shape index (κ3) is 6.33. The van der Waals surface area contributed by atoms with E-state index >= 15 is 0 Å². The van der Waals surface area contributed by atoms with Crippen molar-refractivity contribution >= 4 is 57.2 Å². The van der Waals surface area contributed by atoms with Crippen LogP contribution in [0, 0.1) is 0 Å². The summed E-state index contributed by atoms with van der Waals surface area (Å²) < 4.78 is 6.75. The van der Waals surface area contributed by atoms with Crippen molar-refractivity contribution in [1.29, 1.82) is 0 Å². The summed E-state index contributed by atoms with van der Waals surface area (Å²) in [5.41, 5.74) is 24.1. The van der Waals surface area contributed by atoms with Crippen LogP contribution in [0.2, 0.25) is 0 Å². The van der Waals surface area contributed by atoms with Gasteiger partial charge in [-0.2, -0.15) is 0 Å². The first kappa shape index (κ1) is 45.4. The second kappa shape index (κ2) is 17.8. The monoisotopic (exact) mass is 996 g/mol. The van der Waals surface area contributed by atoms with E-state index in [1.54, 1.807) is 0 Å². The molecule has 3 nitrogen and oxygen atoms in total. The van der Waals surface area contributed by atoms with Crippen molar-refractivity contribution in [3.8, 4) is 33.4 Å². The van der Waals surface area contributed by atoms with E-state index in [0.29, 0.717) is 0 Å². The van der Waals surface area contributed by atoms with Gasteiger partial charge in [-0.15, -0.1) is 0 Å². The molecule has 15 rings (SSSR count). The highest BCUT2D eigenvalue weighted by molar-refractivity contribution is 6.07. The second-order valence-corrected chi connectivity index (χ2v) is 20.6.